The van der Waals surface area contributed by atoms with Gasteiger partial charge in [-0.05, 0) is 29.5 Å². The van der Waals surface area contributed by atoms with E-state index in [0.29, 0.717) is 39.0 Å². The molecule has 2 aromatic carbocycles. The van der Waals surface area contributed by atoms with Crippen LogP contribution in [0.4, 0.5) is 0 Å². The van der Waals surface area contributed by atoms with Crippen molar-refractivity contribution in [2.75, 3.05) is 26.2 Å². The van der Waals surface area contributed by atoms with Crippen LogP contribution < -0.4 is 0 Å². The standard InChI is InChI=1S/C23H28N2O2/c1-2-19-8-10-20(11-9-19)12-13-22(26)24-14-16-25(17-15-24)23(27)18-21-6-4-3-5-7-21/h3-11H,2,12-18H2,1H3. The van der Waals surface area contributed by atoms with E-state index in [-0.39, 0.29) is 11.8 Å². The van der Waals surface area contributed by atoms with E-state index in [4.69, 9.17) is 0 Å². The Bertz CT molecular complexity index is 748. The van der Waals surface area contributed by atoms with Gasteiger partial charge in [0, 0.05) is 32.6 Å². The van der Waals surface area contributed by atoms with Crippen molar-refractivity contribution in [3.05, 3.63) is 71.3 Å². The Morgan fingerprint density at radius 3 is 1.89 bits per heavy atom. The van der Waals surface area contributed by atoms with Crippen LogP contribution >= 0.6 is 0 Å². The smallest absolute Gasteiger partial charge is 0.227 e. The predicted octanol–water partition coefficient (Wildman–Crippen LogP) is 3.10. The van der Waals surface area contributed by atoms with Gasteiger partial charge in [-0.1, -0.05) is 61.5 Å². The third-order valence-corrected chi connectivity index (χ3v) is 5.24. The van der Waals surface area contributed by atoms with Crippen molar-refractivity contribution in [1.82, 2.24) is 9.80 Å². The zero-order chi connectivity index (χ0) is 19.1. The summed E-state index contributed by atoms with van der Waals surface area (Å²) in [7, 11) is 0. The van der Waals surface area contributed by atoms with Gasteiger partial charge in [-0.25, -0.2) is 0 Å². The van der Waals surface area contributed by atoms with Gasteiger partial charge in [-0.2, -0.15) is 0 Å². The highest BCUT2D eigenvalue weighted by Crippen LogP contribution is 2.11. The Morgan fingerprint density at radius 1 is 0.741 bits per heavy atom. The lowest BCUT2D eigenvalue weighted by atomic mass is 10.1. The molecule has 27 heavy (non-hydrogen) atoms. The minimum Gasteiger partial charge on any atom is -0.339 e. The first-order valence-corrected chi connectivity index (χ1v) is 9.83. The van der Waals surface area contributed by atoms with E-state index in [1.165, 1.54) is 11.1 Å². The van der Waals surface area contributed by atoms with Gasteiger partial charge < -0.3 is 9.80 Å². The average molecular weight is 364 g/mol. The fourth-order valence-electron chi connectivity index (χ4n) is 3.44. The molecule has 1 heterocycles. The Hall–Kier alpha value is -2.62. The van der Waals surface area contributed by atoms with Crippen molar-refractivity contribution in [3.63, 3.8) is 0 Å². The van der Waals surface area contributed by atoms with Crippen LogP contribution in [-0.2, 0) is 28.9 Å². The van der Waals surface area contributed by atoms with E-state index in [1.807, 2.05) is 40.1 Å². The number of amides is 2. The highest BCUT2D eigenvalue weighted by molar-refractivity contribution is 5.80. The molecular formula is C23H28N2O2. The van der Waals surface area contributed by atoms with Crippen molar-refractivity contribution in [2.45, 2.75) is 32.6 Å². The summed E-state index contributed by atoms with van der Waals surface area (Å²) in [4.78, 5) is 28.7. The van der Waals surface area contributed by atoms with Crippen LogP contribution in [0.15, 0.2) is 54.6 Å². The van der Waals surface area contributed by atoms with Gasteiger partial charge in [0.1, 0.15) is 0 Å². The monoisotopic (exact) mass is 364 g/mol. The number of carbonyl (C=O) groups excluding carboxylic acids is 2. The summed E-state index contributed by atoms with van der Waals surface area (Å²) in [5.41, 5.74) is 3.56. The summed E-state index contributed by atoms with van der Waals surface area (Å²) in [5.74, 6) is 0.328. The molecule has 4 heteroatoms. The molecule has 0 atom stereocenters. The number of hydrogen-bond acceptors (Lipinski definition) is 2. The third-order valence-electron chi connectivity index (χ3n) is 5.24. The number of carbonyl (C=O) groups is 2. The topological polar surface area (TPSA) is 40.6 Å². The highest BCUT2D eigenvalue weighted by atomic mass is 16.2. The Morgan fingerprint density at radius 2 is 1.30 bits per heavy atom. The number of benzene rings is 2. The maximum atomic E-state index is 12.5. The van der Waals surface area contributed by atoms with Crippen molar-refractivity contribution in [2.24, 2.45) is 0 Å². The molecule has 2 amide bonds. The fourth-order valence-corrected chi connectivity index (χ4v) is 3.44. The van der Waals surface area contributed by atoms with Crippen molar-refractivity contribution in [1.29, 1.82) is 0 Å². The van der Waals surface area contributed by atoms with E-state index < -0.39 is 0 Å². The van der Waals surface area contributed by atoms with Crippen LogP contribution in [-0.4, -0.2) is 47.8 Å². The maximum Gasteiger partial charge on any atom is 0.227 e. The number of aryl methyl sites for hydroxylation is 2. The summed E-state index contributed by atoms with van der Waals surface area (Å²) in [6, 6.07) is 18.3. The van der Waals surface area contributed by atoms with Gasteiger partial charge in [0.05, 0.1) is 6.42 Å². The zero-order valence-corrected chi connectivity index (χ0v) is 16.1. The van der Waals surface area contributed by atoms with E-state index >= 15 is 0 Å². The average Bonchev–Trinajstić information content (AvgIpc) is 2.73. The number of piperazine rings is 1. The minimum atomic E-state index is 0.143. The highest BCUT2D eigenvalue weighted by Gasteiger charge is 2.23. The fraction of sp³-hybridized carbons (Fsp3) is 0.391. The quantitative estimate of drug-likeness (QED) is 0.790. The molecule has 0 aromatic heterocycles. The number of nitrogens with zero attached hydrogens (tertiary/aromatic N) is 2. The van der Waals surface area contributed by atoms with E-state index in [0.717, 1.165) is 18.4 Å². The molecule has 1 aliphatic heterocycles. The Kier molecular flexibility index (Phi) is 6.64. The molecule has 0 aliphatic carbocycles. The lowest BCUT2D eigenvalue weighted by Crippen LogP contribution is -2.51. The molecule has 3 rings (SSSR count). The molecular weight excluding hydrogens is 336 g/mol. The summed E-state index contributed by atoms with van der Waals surface area (Å²) in [6.07, 6.45) is 2.77. The minimum absolute atomic E-state index is 0.143. The normalized spacial score (nSPS) is 14.3. The van der Waals surface area contributed by atoms with Gasteiger partial charge in [-0.15, -0.1) is 0 Å². The van der Waals surface area contributed by atoms with E-state index in [1.54, 1.807) is 0 Å². The molecule has 142 valence electrons. The molecule has 0 bridgehead atoms. The number of rotatable bonds is 6. The van der Waals surface area contributed by atoms with Crippen LogP contribution in [0, 0.1) is 0 Å². The summed E-state index contributed by atoms with van der Waals surface area (Å²) >= 11 is 0. The van der Waals surface area contributed by atoms with Crippen molar-refractivity contribution < 1.29 is 9.59 Å². The SMILES string of the molecule is CCc1ccc(CCC(=O)N2CCN(C(=O)Cc3ccccc3)CC2)cc1. The lowest BCUT2D eigenvalue weighted by molar-refractivity contribution is -0.139. The van der Waals surface area contributed by atoms with Gasteiger partial charge in [-0.3, -0.25) is 9.59 Å². The van der Waals surface area contributed by atoms with Gasteiger partial charge in [0.15, 0.2) is 0 Å². The van der Waals surface area contributed by atoms with E-state index in [2.05, 4.69) is 31.2 Å². The molecule has 4 nitrogen and oxygen atoms in total. The van der Waals surface area contributed by atoms with Crippen LogP contribution in [0.2, 0.25) is 0 Å². The molecule has 2 aromatic rings. The van der Waals surface area contributed by atoms with Gasteiger partial charge in [0.25, 0.3) is 0 Å². The van der Waals surface area contributed by atoms with Crippen molar-refractivity contribution >= 4 is 11.8 Å². The maximum absolute atomic E-state index is 12.5. The second-order valence-electron chi connectivity index (χ2n) is 7.09. The lowest BCUT2D eigenvalue weighted by Gasteiger charge is -2.35. The molecule has 0 saturated carbocycles. The second-order valence-corrected chi connectivity index (χ2v) is 7.09. The van der Waals surface area contributed by atoms with Gasteiger partial charge >= 0.3 is 0 Å². The Balaban J connectivity index is 1.42. The molecule has 0 spiro atoms. The first kappa shape index (κ1) is 19.2. The third kappa shape index (κ3) is 5.43. The van der Waals surface area contributed by atoms with Gasteiger partial charge in [0.2, 0.25) is 11.8 Å². The van der Waals surface area contributed by atoms with Crippen LogP contribution in [0.1, 0.15) is 30.0 Å². The molecule has 0 unspecified atom stereocenters. The molecule has 1 aliphatic rings. The first-order chi connectivity index (χ1) is 13.2. The molecule has 1 fully saturated rings. The van der Waals surface area contributed by atoms with Crippen LogP contribution in [0.25, 0.3) is 0 Å². The van der Waals surface area contributed by atoms with Crippen LogP contribution in [0.5, 0.6) is 0 Å². The largest absolute Gasteiger partial charge is 0.339 e. The Labute approximate surface area is 161 Å². The zero-order valence-electron chi connectivity index (χ0n) is 16.1. The first-order valence-electron chi connectivity index (χ1n) is 9.83. The van der Waals surface area contributed by atoms with Crippen molar-refractivity contribution in [3.8, 4) is 0 Å². The van der Waals surface area contributed by atoms with E-state index in [9.17, 15) is 9.59 Å². The summed E-state index contributed by atoms with van der Waals surface area (Å²) in [6.45, 7) is 4.66. The molecule has 1 saturated heterocycles. The predicted molar refractivity (Wildman–Crippen MR) is 107 cm³/mol. The summed E-state index contributed by atoms with van der Waals surface area (Å²) < 4.78 is 0. The number of hydrogen-bond donors (Lipinski definition) is 0. The van der Waals surface area contributed by atoms with Crippen LogP contribution in [0.3, 0.4) is 0 Å². The second kappa shape index (κ2) is 9.36. The summed E-state index contributed by atoms with van der Waals surface area (Å²) in [5, 5.41) is 0. The molecule has 0 radical (unpaired) electrons. The molecule has 0 N–H and O–H groups in total.